The molecule has 0 unspecified atom stereocenters. The van der Waals surface area contributed by atoms with Crippen LogP contribution in [0.3, 0.4) is 0 Å². The minimum absolute atomic E-state index is 0.0728. The van der Waals surface area contributed by atoms with E-state index in [-0.39, 0.29) is 17.0 Å². The van der Waals surface area contributed by atoms with Crippen LogP contribution in [0.2, 0.25) is 0 Å². The van der Waals surface area contributed by atoms with Gasteiger partial charge in [0.15, 0.2) is 5.78 Å². The van der Waals surface area contributed by atoms with Crippen molar-refractivity contribution < 1.29 is 19.0 Å². The Balaban J connectivity index is 2.30. The number of allylic oxidation sites excluding steroid dienone is 1. The molecular formula is C27H36O4. The third-order valence-corrected chi connectivity index (χ3v) is 4.17. The highest BCUT2D eigenvalue weighted by Gasteiger charge is 2.19. The van der Waals surface area contributed by atoms with Crippen LogP contribution in [0, 0.1) is 6.92 Å². The summed E-state index contributed by atoms with van der Waals surface area (Å²) in [5.41, 5.74) is 1.74. The van der Waals surface area contributed by atoms with Crippen LogP contribution in [0.4, 0.5) is 0 Å². The summed E-state index contributed by atoms with van der Waals surface area (Å²) >= 11 is 0. The number of hydrogen-bond donors (Lipinski definition) is 0. The highest BCUT2D eigenvalue weighted by molar-refractivity contribution is 6.07. The Morgan fingerprint density at radius 3 is 2.03 bits per heavy atom. The molecule has 0 aliphatic heterocycles. The molecule has 31 heavy (non-hydrogen) atoms. The lowest BCUT2D eigenvalue weighted by Gasteiger charge is -2.26. The molecule has 0 N–H and O–H groups in total. The first kappa shape index (κ1) is 24.5. The second-order valence-electron chi connectivity index (χ2n) is 9.65. The average molecular weight is 425 g/mol. The zero-order chi connectivity index (χ0) is 23.2. The lowest BCUT2D eigenvalue weighted by Crippen LogP contribution is -2.25. The number of aryl methyl sites for hydroxylation is 1. The van der Waals surface area contributed by atoms with Crippen LogP contribution in [0.1, 0.15) is 76.4 Å². The van der Waals surface area contributed by atoms with Crippen LogP contribution in [-0.4, -0.2) is 23.6 Å². The quantitative estimate of drug-likeness (QED) is 0.337. The summed E-state index contributed by atoms with van der Waals surface area (Å²) in [5, 5.41) is 0. The number of ether oxygens (including phenoxy) is 3. The molecule has 0 aliphatic carbocycles. The first-order valence-electron chi connectivity index (χ1n) is 10.9. The first-order valence-corrected chi connectivity index (χ1v) is 10.9. The summed E-state index contributed by atoms with van der Waals surface area (Å²) < 4.78 is 17.9. The van der Waals surface area contributed by atoms with Gasteiger partial charge in [-0.2, -0.15) is 0 Å². The van der Waals surface area contributed by atoms with Crippen molar-refractivity contribution in [3.63, 3.8) is 0 Å². The van der Waals surface area contributed by atoms with Gasteiger partial charge in [0, 0.05) is 17.2 Å². The molecule has 0 aliphatic rings. The van der Waals surface area contributed by atoms with Crippen molar-refractivity contribution in [2.45, 2.75) is 73.0 Å². The van der Waals surface area contributed by atoms with Crippen molar-refractivity contribution in [2.24, 2.45) is 0 Å². The first-order chi connectivity index (χ1) is 14.4. The van der Waals surface area contributed by atoms with Gasteiger partial charge in [-0.3, -0.25) is 4.79 Å². The van der Waals surface area contributed by atoms with Gasteiger partial charge in [-0.1, -0.05) is 6.92 Å². The van der Waals surface area contributed by atoms with Gasteiger partial charge in [0.05, 0.1) is 6.61 Å². The summed E-state index contributed by atoms with van der Waals surface area (Å²) in [6.07, 6.45) is 4.33. The van der Waals surface area contributed by atoms with E-state index in [0.717, 1.165) is 29.0 Å². The van der Waals surface area contributed by atoms with Gasteiger partial charge in [-0.15, -0.1) is 0 Å². The lowest BCUT2D eigenvalue weighted by atomic mass is 10.0. The number of rotatable bonds is 8. The molecule has 0 saturated heterocycles. The van der Waals surface area contributed by atoms with E-state index in [1.165, 1.54) is 0 Å². The minimum atomic E-state index is -0.380. The number of carbonyl (C=O) groups excluding carboxylic acids is 1. The summed E-state index contributed by atoms with van der Waals surface area (Å²) in [7, 11) is 0. The second-order valence-corrected chi connectivity index (χ2v) is 9.65. The van der Waals surface area contributed by atoms with Crippen molar-refractivity contribution in [2.75, 3.05) is 6.61 Å². The Morgan fingerprint density at radius 1 is 0.903 bits per heavy atom. The van der Waals surface area contributed by atoms with E-state index in [2.05, 4.69) is 6.92 Å². The van der Waals surface area contributed by atoms with Gasteiger partial charge in [-0.05, 0) is 103 Å². The molecule has 0 aromatic heterocycles. The fourth-order valence-electron chi connectivity index (χ4n) is 2.88. The van der Waals surface area contributed by atoms with Gasteiger partial charge in [0.25, 0.3) is 0 Å². The normalized spacial score (nSPS) is 12.1. The summed E-state index contributed by atoms with van der Waals surface area (Å²) in [5.74, 6) is 2.16. The fourth-order valence-corrected chi connectivity index (χ4v) is 2.88. The van der Waals surface area contributed by atoms with Gasteiger partial charge in [0.2, 0.25) is 0 Å². The molecule has 0 spiro atoms. The molecular weight excluding hydrogens is 388 g/mol. The number of benzene rings is 2. The van der Waals surface area contributed by atoms with Gasteiger partial charge < -0.3 is 14.2 Å². The predicted molar refractivity (Wildman–Crippen MR) is 128 cm³/mol. The van der Waals surface area contributed by atoms with Crippen LogP contribution in [0.15, 0.2) is 42.5 Å². The average Bonchev–Trinajstić information content (AvgIpc) is 2.65. The van der Waals surface area contributed by atoms with E-state index in [1.807, 2.05) is 72.7 Å². The van der Waals surface area contributed by atoms with Crippen molar-refractivity contribution in [1.82, 2.24) is 0 Å². The highest BCUT2D eigenvalue weighted by Crippen LogP contribution is 2.34. The molecule has 0 fully saturated rings. The van der Waals surface area contributed by atoms with Crippen molar-refractivity contribution >= 4 is 11.9 Å². The third-order valence-electron chi connectivity index (χ3n) is 4.17. The SMILES string of the molecule is CCCOc1ccc(C(=O)/C=C/c2cc(C)c(OC(C)(C)C)cc2OC(C)(C)C)cc1. The van der Waals surface area contributed by atoms with Crippen LogP contribution in [-0.2, 0) is 0 Å². The molecule has 0 heterocycles. The molecule has 0 radical (unpaired) electrons. The zero-order valence-corrected chi connectivity index (χ0v) is 20.2. The molecule has 0 bridgehead atoms. The van der Waals surface area contributed by atoms with Crippen molar-refractivity contribution in [1.29, 1.82) is 0 Å². The molecule has 2 rings (SSSR count). The maximum Gasteiger partial charge on any atom is 0.185 e. The topological polar surface area (TPSA) is 44.8 Å². The number of carbonyl (C=O) groups is 1. The fraction of sp³-hybridized carbons (Fsp3) is 0.444. The molecule has 168 valence electrons. The van der Waals surface area contributed by atoms with Crippen molar-refractivity contribution in [3.05, 3.63) is 59.2 Å². The van der Waals surface area contributed by atoms with E-state index in [1.54, 1.807) is 24.3 Å². The largest absolute Gasteiger partial charge is 0.494 e. The van der Waals surface area contributed by atoms with E-state index in [0.29, 0.717) is 17.9 Å². The van der Waals surface area contributed by atoms with E-state index in [9.17, 15) is 4.79 Å². The van der Waals surface area contributed by atoms with Gasteiger partial charge >= 0.3 is 0 Å². The Hall–Kier alpha value is -2.75. The second kappa shape index (κ2) is 10.0. The molecule has 4 heteroatoms. The standard InChI is InChI=1S/C27H36O4/c1-9-16-29-22-13-10-20(11-14-22)23(28)15-12-21-17-19(2)24(30-26(3,4)5)18-25(21)31-27(6,7)8/h10-15,17-18H,9,16H2,1-8H3/b15-12+. The van der Waals surface area contributed by atoms with Crippen LogP contribution < -0.4 is 14.2 Å². The zero-order valence-electron chi connectivity index (χ0n) is 20.2. The summed E-state index contributed by atoms with van der Waals surface area (Å²) in [6.45, 7) is 16.8. The number of ketones is 1. The molecule has 0 saturated carbocycles. The highest BCUT2D eigenvalue weighted by atomic mass is 16.5. The monoisotopic (exact) mass is 424 g/mol. The summed E-state index contributed by atoms with van der Waals surface area (Å²) in [6, 6.07) is 11.1. The predicted octanol–water partition coefficient (Wildman–Crippen LogP) is 7.03. The van der Waals surface area contributed by atoms with Crippen LogP contribution >= 0.6 is 0 Å². The van der Waals surface area contributed by atoms with E-state index >= 15 is 0 Å². The Kier molecular flexibility index (Phi) is 7.94. The Morgan fingerprint density at radius 2 is 1.48 bits per heavy atom. The van der Waals surface area contributed by atoms with Crippen molar-refractivity contribution in [3.8, 4) is 17.2 Å². The van der Waals surface area contributed by atoms with E-state index < -0.39 is 0 Å². The van der Waals surface area contributed by atoms with Crippen LogP contribution in [0.5, 0.6) is 17.2 Å². The van der Waals surface area contributed by atoms with Gasteiger partial charge in [-0.25, -0.2) is 0 Å². The van der Waals surface area contributed by atoms with Gasteiger partial charge in [0.1, 0.15) is 28.5 Å². The van der Waals surface area contributed by atoms with E-state index in [4.69, 9.17) is 14.2 Å². The van der Waals surface area contributed by atoms with Crippen LogP contribution in [0.25, 0.3) is 6.08 Å². The molecule has 2 aromatic carbocycles. The smallest absolute Gasteiger partial charge is 0.185 e. The Bertz CT molecular complexity index is 910. The third kappa shape index (κ3) is 8.12. The number of hydrogen-bond acceptors (Lipinski definition) is 4. The summed E-state index contributed by atoms with van der Waals surface area (Å²) in [4.78, 5) is 12.7. The molecule has 4 nitrogen and oxygen atoms in total. The maximum atomic E-state index is 12.7. The Labute approximate surface area is 187 Å². The maximum absolute atomic E-state index is 12.7. The lowest BCUT2D eigenvalue weighted by molar-refractivity contribution is 0.104. The molecule has 2 aromatic rings. The minimum Gasteiger partial charge on any atom is -0.494 e. The molecule has 0 atom stereocenters. The molecule has 0 amide bonds.